The zero-order chi connectivity index (χ0) is 18.1. The van der Waals surface area contributed by atoms with Crippen molar-refractivity contribution < 1.29 is 5.11 Å². The Morgan fingerprint density at radius 3 is 2.08 bits per heavy atom. The molecule has 2 aromatic carbocycles. The summed E-state index contributed by atoms with van der Waals surface area (Å²) in [5.74, 6) is 0. The van der Waals surface area contributed by atoms with Crippen molar-refractivity contribution in [2.24, 2.45) is 0 Å². The van der Waals surface area contributed by atoms with Gasteiger partial charge in [-0.3, -0.25) is 0 Å². The lowest BCUT2D eigenvalue weighted by Crippen LogP contribution is -2.09. The van der Waals surface area contributed by atoms with Gasteiger partial charge < -0.3 is 10.4 Å². The number of rotatable bonds is 10. The molecule has 1 atom stereocenters. The molecule has 0 aliphatic rings. The van der Waals surface area contributed by atoms with Crippen molar-refractivity contribution in [3.63, 3.8) is 0 Å². The van der Waals surface area contributed by atoms with Gasteiger partial charge in [0.15, 0.2) is 0 Å². The van der Waals surface area contributed by atoms with Gasteiger partial charge in [-0.15, -0.1) is 0 Å². The van der Waals surface area contributed by atoms with Crippen LogP contribution < -0.4 is 5.32 Å². The molecule has 0 saturated heterocycles. The Balaban J connectivity index is 1.92. The van der Waals surface area contributed by atoms with E-state index in [0.717, 1.165) is 30.5 Å². The van der Waals surface area contributed by atoms with Crippen LogP contribution in [0.5, 0.6) is 0 Å². The number of unbranched alkanes of at least 4 members (excludes halogenated alkanes) is 2. The molecule has 0 spiro atoms. The van der Waals surface area contributed by atoms with Crippen LogP contribution in [0.2, 0.25) is 0 Å². The molecule has 0 heterocycles. The van der Waals surface area contributed by atoms with Crippen LogP contribution >= 0.6 is 0 Å². The summed E-state index contributed by atoms with van der Waals surface area (Å²) in [6, 6.07) is 16.6. The topological polar surface area (TPSA) is 32.3 Å². The number of aliphatic hydroxyl groups is 1. The highest BCUT2D eigenvalue weighted by atomic mass is 16.3. The number of hydrogen-bond acceptors (Lipinski definition) is 2. The first-order valence-electron chi connectivity index (χ1n) is 9.45. The summed E-state index contributed by atoms with van der Waals surface area (Å²) in [4.78, 5) is 0. The third kappa shape index (κ3) is 6.06. The molecule has 0 amide bonds. The fraction of sp³-hybridized carbons (Fsp3) is 0.391. The van der Waals surface area contributed by atoms with Crippen molar-refractivity contribution >= 4 is 5.69 Å². The number of benzene rings is 2. The van der Waals surface area contributed by atoms with Crippen molar-refractivity contribution in [2.75, 3.05) is 5.32 Å². The van der Waals surface area contributed by atoms with E-state index in [4.69, 9.17) is 0 Å². The molecule has 2 nitrogen and oxygen atoms in total. The highest BCUT2D eigenvalue weighted by Gasteiger charge is 2.12. The normalized spacial score (nSPS) is 12.0. The molecule has 2 heteroatoms. The van der Waals surface area contributed by atoms with Crippen LogP contribution in [0.3, 0.4) is 0 Å². The largest absolute Gasteiger partial charge is 0.382 e. The van der Waals surface area contributed by atoms with E-state index in [-0.39, 0.29) is 0 Å². The Morgan fingerprint density at radius 2 is 1.48 bits per heavy atom. The van der Waals surface area contributed by atoms with Gasteiger partial charge in [-0.25, -0.2) is 0 Å². The number of aryl methyl sites for hydroxylation is 2. The minimum absolute atomic E-state index is 0.599. The van der Waals surface area contributed by atoms with Crippen LogP contribution in [0, 0.1) is 0 Å². The van der Waals surface area contributed by atoms with E-state index in [0.29, 0.717) is 5.70 Å². The fourth-order valence-electron chi connectivity index (χ4n) is 2.94. The number of anilines is 1. The molecule has 0 fully saturated rings. The van der Waals surface area contributed by atoms with Gasteiger partial charge in [-0.2, -0.15) is 0 Å². The van der Waals surface area contributed by atoms with E-state index >= 15 is 0 Å². The van der Waals surface area contributed by atoms with Gasteiger partial charge in [-0.05, 0) is 48.1 Å². The highest BCUT2D eigenvalue weighted by Crippen LogP contribution is 2.23. The smallest absolute Gasteiger partial charge is 0.118 e. The lowest BCUT2D eigenvalue weighted by atomic mass is 10.0. The first kappa shape index (κ1) is 19.3. The molecule has 0 aromatic heterocycles. The maximum atomic E-state index is 10.5. The van der Waals surface area contributed by atoms with Crippen molar-refractivity contribution in [3.8, 4) is 0 Å². The van der Waals surface area contributed by atoms with E-state index in [1.807, 2.05) is 24.3 Å². The minimum atomic E-state index is -0.708. The van der Waals surface area contributed by atoms with Gasteiger partial charge >= 0.3 is 0 Å². The summed E-state index contributed by atoms with van der Waals surface area (Å²) in [6.45, 7) is 8.40. The van der Waals surface area contributed by atoms with Gasteiger partial charge in [0.2, 0.25) is 0 Å². The van der Waals surface area contributed by atoms with Crippen molar-refractivity contribution in [3.05, 3.63) is 77.5 Å². The van der Waals surface area contributed by atoms with Crippen LogP contribution in [-0.2, 0) is 12.8 Å². The predicted octanol–water partition coefficient (Wildman–Crippen LogP) is 6.03. The minimum Gasteiger partial charge on any atom is -0.382 e. The summed E-state index contributed by atoms with van der Waals surface area (Å²) in [5.41, 5.74) is 5.09. The molecule has 0 saturated carbocycles. The standard InChI is InChI=1S/C23H31NO/c1-4-6-7-9-20-10-14-21(15-11-20)23(25)18(3)24-22-16-12-19(8-5-2)13-17-22/h10-17,23-25H,3-9H2,1-2H3. The van der Waals surface area contributed by atoms with E-state index < -0.39 is 6.10 Å². The zero-order valence-corrected chi connectivity index (χ0v) is 15.6. The zero-order valence-electron chi connectivity index (χ0n) is 15.6. The molecular formula is C23H31NO. The van der Waals surface area contributed by atoms with Crippen LogP contribution in [0.25, 0.3) is 0 Å². The van der Waals surface area contributed by atoms with Crippen molar-refractivity contribution in [1.82, 2.24) is 0 Å². The molecule has 2 N–H and O–H groups in total. The monoisotopic (exact) mass is 337 g/mol. The van der Waals surface area contributed by atoms with E-state index in [2.05, 4.69) is 50.0 Å². The molecule has 2 rings (SSSR count). The molecule has 25 heavy (non-hydrogen) atoms. The van der Waals surface area contributed by atoms with Crippen LogP contribution in [0.15, 0.2) is 60.8 Å². The van der Waals surface area contributed by atoms with E-state index in [1.54, 1.807) is 0 Å². The molecule has 1 unspecified atom stereocenters. The summed E-state index contributed by atoms with van der Waals surface area (Å²) in [6.07, 6.45) is 6.36. The second kappa shape index (κ2) is 10.0. The Morgan fingerprint density at radius 1 is 0.880 bits per heavy atom. The van der Waals surface area contributed by atoms with Crippen LogP contribution in [0.4, 0.5) is 5.69 Å². The molecule has 0 radical (unpaired) electrons. The van der Waals surface area contributed by atoms with Crippen molar-refractivity contribution in [1.29, 1.82) is 0 Å². The molecule has 2 aromatic rings. The Hall–Kier alpha value is -2.06. The fourth-order valence-corrected chi connectivity index (χ4v) is 2.94. The van der Waals surface area contributed by atoms with E-state index in [1.165, 1.54) is 30.4 Å². The first-order chi connectivity index (χ1) is 12.1. The third-order valence-electron chi connectivity index (χ3n) is 4.49. The quantitative estimate of drug-likeness (QED) is 0.519. The van der Waals surface area contributed by atoms with E-state index in [9.17, 15) is 5.11 Å². The predicted molar refractivity (Wildman–Crippen MR) is 108 cm³/mol. The lowest BCUT2D eigenvalue weighted by molar-refractivity contribution is 0.217. The SMILES string of the molecule is C=C(Nc1ccc(CCC)cc1)C(O)c1ccc(CCCCC)cc1. The average molecular weight is 338 g/mol. The first-order valence-corrected chi connectivity index (χ1v) is 9.45. The molecule has 0 aliphatic heterocycles. The number of hydrogen-bond donors (Lipinski definition) is 2. The summed E-state index contributed by atoms with van der Waals surface area (Å²) < 4.78 is 0. The summed E-state index contributed by atoms with van der Waals surface area (Å²) >= 11 is 0. The molecule has 0 aliphatic carbocycles. The van der Waals surface area contributed by atoms with Crippen LogP contribution in [0.1, 0.15) is 62.3 Å². The maximum Gasteiger partial charge on any atom is 0.118 e. The Bertz CT molecular complexity index is 643. The second-order valence-corrected chi connectivity index (χ2v) is 6.70. The average Bonchev–Trinajstić information content (AvgIpc) is 2.64. The molecular weight excluding hydrogens is 306 g/mol. The van der Waals surface area contributed by atoms with Crippen molar-refractivity contribution in [2.45, 2.75) is 58.5 Å². The Kier molecular flexibility index (Phi) is 7.75. The maximum absolute atomic E-state index is 10.5. The van der Waals surface area contributed by atoms with Gasteiger partial charge in [-0.1, -0.05) is 76.1 Å². The molecule has 134 valence electrons. The van der Waals surface area contributed by atoms with Crippen LogP contribution in [-0.4, -0.2) is 5.11 Å². The third-order valence-corrected chi connectivity index (χ3v) is 4.49. The Labute approximate surface area is 152 Å². The second-order valence-electron chi connectivity index (χ2n) is 6.70. The number of aliphatic hydroxyl groups excluding tert-OH is 1. The number of nitrogens with one attached hydrogen (secondary N) is 1. The summed E-state index contributed by atoms with van der Waals surface area (Å²) in [5, 5.41) is 13.8. The molecule has 0 bridgehead atoms. The highest BCUT2D eigenvalue weighted by molar-refractivity contribution is 5.50. The lowest BCUT2D eigenvalue weighted by Gasteiger charge is -2.17. The van der Waals surface area contributed by atoms with Gasteiger partial charge in [0, 0.05) is 11.4 Å². The van der Waals surface area contributed by atoms with Gasteiger partial charge in [0.25, 0.3) is 0 Å². The summed E-state index contributed by atoms with van der Waals surface area (Å²) in [7, 11) is 0. The van der Waals surface area contributed by atoms with Gasteiger partial charge in [0.1, 0.15) is 6.10 Å². The van der Waals surface area contributed by atoms with Gasteiger partial charge in [0.05, 0.1) is 0 Å².